The molecule has 6 heteroatoms. The van der Waals surface area contributed by atoms with E-state index < -0.39 is 11.6 Å². The summed E-state index contributed by atoms with van der Waals surface area (Å²) < 4.78 is 15.8. The molecule has 2 aromatic rings. The molecule has 0 amide bonds. The van der Waals surface area contributed by atoms with Gasteiger partial charge in [0.25, 0.3) is 0 Å². The Labute approximate surface area is 130 Å². The molecule has 0 fully saturated rings. The maximum atomic E-state index is 13.7. The molecule has 1 aromatic heterocycles. The normalized spacial score (nSPS) is 10.7. The fourth-order valence-corrected chi connectivity index (χ4v) is 2.41. The van der Waals surface area contributed by atoms with Crippen LogP contribution in [0.1, 0.15) is 39.8 Å². The van der Waals surface area contributed by atoms with E-state index >= 15 is 0 Å². The summed E-state index contributed by atoms with van der Waals surface area (Å²) in [5.41, 5.74) is 0.992. The lowest BCUT2D eigenvalue weighted by Gasteiger charge is -2.03. The molecule has 4 nitrogen and oxygen atoms in total. The lowest BCUT2D eigenvalue weighted by Crippen LogP contribution is -2.11. The fourth-order valence-electron chi connectivity index (χ4n) is 2.08. The molecule has 0 bridgehead atoms. The summed E-state index contributed by atoms with van der Waals surface area (Å²) in [6, 6.07) is 4.15. The van der Waals surface area contributed by atoms with Crippen molar-refractivity contribution in [3.05, 3.63) is 51.5 Å². The van der Waals surface area contributed by atoms with Crippen LogP contribution in [0.15, 0.2) is 28.9 Å². The molecular formula is C15H14BrFN2O2. The second kappa shape index (κ2) is 6.30. The molecule has 0 N–H and O–H groups in total. The Balaban J connectivity index is 2.20. The van der Waals surface area contributed by atoms with Crippen molar-refractivity contribution in [3.63, 3.8) is 0 Å². The second-order valence-electron chi connectivity index (χ2n) is 4.66. The maximum absolute atomic E-state index is 13.7. The van der Waals surface area contributed by atoms with Crippen LogP contribution in [0.2, 0.25) is 0 Å². The van der Waals surface area contributed by atoms with E-state index in [9.17, 15) is 14.0 Å². The highest BCUT2D eigenvalue weighted by Crippen LogP contribution is 2.18. The molecule has 0 unspecified atom stereocenters. The zero-order valence-electron chi connectivity index (χ0n) is 11.7. The Kier molecular flexibility index (Phi) is 4.67. The number of hydrogen-bond acceptors (Lipinski definition) is 3. The fraction of sp³-hybridized carbons (Fsp3) is 0.267. The number of rotatable bonds is 5. The van der Waals surface area contributed by atoms with Crippen LogP contribution in [0, 0.1) is 5.82 Å². The number of nitrogens with zero attached hydrogens (tertiary/aromatic N) is 2. The Hall–Kier alpha value is -1.82. The average Bonchev–Trinajstić information content (AvgIpc) is 2.79. The zero-order chi connectivity index (χ0) is 15.6. The number of ketones is 2. The van der Waals surface area contributed by atoms with E-state index in [1.54, 1.807) is 19.3 Å². The number of hydrogen-bond donors (Lipinski definition) is 0. The highest BCUT2D eigenvalue weighted by molar-refractivity contribution is 9.10. The lowest BCUT2D eigenvalue weighted by atomic mass is 10.0. The third-order valence-corrected chi connectivity index (χ3v) is 3.59. The minimum absolute atomic E-state index is 0.0755. The summed E-state index contributed by atoms with van der Waals surface area (Å²) in [4.78, 5) is 24.3. The number of carbonyl (C=O) groups is 2. The molecule has 0 atom stereocenters. The molecule has 0 aliphatic rings. The van der Waals surface area contributed by atoms with Gasteiger partial charge in [-0.2, -0.15) is 5.10 Å². The van der Waals surface area contributed by atoms with Crippen LogP contribution >= 0.6 is 15.9 Å². The molecule has 0 radical (unpaired) electrons. The minimum Gasteiger partial charge on any atom is -0.294 e. The van der Waals surface area contributed by atoms with Crippen molar-refractivity contribution >= 4 is 27.5 Å². The average molecular weight is 353 g/mol. The van der Waals surface area contributed by atoms with Gasteiger partial charge in [0, 0.05) is 17.7 Å². The minimum atomic E-state index is -0.635. The highest BCUT2D eigenvalue weighted by atomic mass is 79.9. The van der Waals surface area contributed by atoms with Crippen molar-refractivity contribution in [1.82, 2.24) is 9.78 Å². The summed E-state index contributed by atoms with van der Waals surface area (Å²) in [7, 11) is 1.71. The third kappa shape index (κ3) is 3.44. The van der Waals surface area contributed by atoms with E-state index in [1.807, 2.05) is 6.92 Å². The van der Waals surface area contributed by atoms with Crippen LogP contribution in [-0.2, 0) is 13.5 Å². The predicted octanol–water partition coefficient (Wildman–Crippen LogP) is 3.34. The summed E-state index contributed by atoms with van der Waals surface area (Å²) in [5, 5.41) is 4.16. The van der Waals surface area contributed by atoms with Gasteiger partial charge in [0.2, 0.25) is 0 Å². The van der Waals surface area contributed by atoms with Crippen LogP contribution in [0.5, 0.6) is 0 Å². The standard InChI is InChI=1S/C15H14BrFN2O2/c1-3-13-11(8-19(2)18-13)15(21)7-14(20)10-5-4-9(16)6-12(10)17/h4-6,8H,3,7H2,1-2H3. The lowest BCUT2D eigenvalue weighted by molar-refractivity contribution is 0.0891. The predicted molar refractivity (Wildman–Crippen MR) is 80.0 cm³/mol. The molecule has 0 saturated heterocycles. The largest absolute Gasteiger partial charge is 0.294 e. The Bertz CT molecular complexity index is 710. The van der Waals surface area contributed by atoms with Crippen LogP contribution < -0.4 is 0 Å². The first kappa shape index (κ1) is 15.6. The van der Waals surface area contributed by atoms with Crippen LogP contribution in [0.4, 0.5) is 4.39 Å². The third-order valence-electron chi connectivity index (χ3n) is 3.09. The molecule has 0 aliphatic carbocycles. The Morgan fingerprint density at radius 3 is 2.57 bits per heavy atom. The number of benzene rings is 1. The Morgan fingerprint density at radius 2 is 1.95 bits per heavy atom. The van der Waals surface area contributed by atoms with E-state index in [0.717, 1.165) is 0 Å². The first-order valence-electron chi connectivity index (χ1n) is 6.46. The van der Waals surface area contributed by atoms with Crippen molar-refractivity contribution in [2.45, 2.75) is 19.8 Å². The molecule has 0 aliphatic heterocycles. The topological polar surface area (TPSA) is 52.0 Å². The SMILES string of the molecule is CCc1nn(C)cc1C(=O)CC(=O)c1ccc(Br)cc1F. The van der Waals surface area contributed by atoms with Crippen LogP contribution in [0.3, 0.4) is 0 Å². The van der Waals surface area contributed by atoms with Crippen molar-refractivity contribution in [1.29, 1.82) is 0 Å². The van der Waals surface area contributed by atoms with Gasteiger partial charge >= 0.3 is 0 Å². The number of halogens is 2. The molecular weight excluding hydrogens is 339 g/mol. The summed E-state index contributed by atoms with van der Waals surface area (Å²) >= 11 is 3.13. The van der Waals surface area contributed by atoms with Gasteiger partial charge in [0.1, 0.15) is 5.82 Å². The summed E-state index contributed by atoms with van der Waals surface area (Å²) in [6.45, 7) is 1.88. The van der Waals surface area contributed by atoms with E-state index in [1.165, 1.54) is 16.8 Å². The van der Waals surface area contributed by atoms with Gasteiger partial charge in [-0.1, -0.05) is 22.9 Å². The van der Waals surface area contributed by atoms with Crippen molar-refractivity contribution in [2.75, 3.05) is 0 Å². The number of carbonyl (C=O) groups excluding carboxylic acids is 2. The van der Waals surface area contributed by atoms with E-state index in [0.29, 0.717) is 22.2 Å². The van der Waals surface area contributed by atoms with E-state index in [2.05, 4.69) is 21.0 Å². The number of aromatic nitrogens is 2. The second-order valence-corrected chi connectivity index (χ2v) is 5.58. The first-order valence-corrected chi connectivity index (χ1v) is 7.25. The van der Waals surface area contributed by atoms with Gasteiger partial charge in [0.15, 0.2) is 11.6 Å². The highest BCUT2D eigenvalue weighted by Gasteiger charge is 2.20. The maximum Gasteiger partial charge on any atom is 0.174 e. The molecule has 21 heavy (non-hydrogen) atoms. The van der Waals surface area contributed by atoms with Gasteiger partial charge in [-0.3, -0.25) is 14.3 Å². The smallest absolute Gasteiger partial charge is 0.174 e. The van der Waals surface area contributed by atoms with Crippen LogP contribution in [0.25, 0.3) is 0 Å². The van der Waals surface area contributed by atoms with E-state index in [-0.39, 0.29) is 17.8 Å². The van der Waals surface area contributed by atoms with Gasteiger partial charge < -0.3 is 0 Å². The molecule has 1 aromatic carbocycles. The van der Waals surface area contributed by atoms with Gasteiger partial charge in [0.05, 0.1) is 23.2 Å². The number of Topliss-reactive ketones (excluding diaryl/α,β-unsaturated/α-hetero) is 2. The quantitative estimate of drug-likeness (QED) is 0.612. The van der Waals surface area contributed by atoms with Crippen molar-refractivity contribution in [2.24, 2.45) is 7.05 Å². The molecule has 110 valence electrons. The summed E-state index contributed by atoms with van der Waals surface area (Å²) in [5.74, 6) is -1.51. The monoisotopic (exact) mass is 352 g/mol. The van der Waals surface area contributed by atoms with Crippen LogP contribution in [-0.4, -0.2) is 21.3 Å². The summed E-state index contributed by atoms with van der Waals surface area (Å²) in [6.07, 6.45) is 1.83. The zero-order valence-corrected chi connectivity index (χ0v) is 13.3. The van der Waals surface area contributed by atoms with Gasteiger partial charge in [-0.15, -0.1) is 0 Å². The van der Waals surface area contributed by atoms with Gasteiger partial charge in [-0.25, -0.2) is 4.39 Å². The van der Waals surface area contributed by atoms with Crippen molar-refractivity contribution in [3.8, 4) is 0 Å². The molecule has 0 saturated carbocycles. The van der Waals surface area contributed by atoms with Crippen molar-refractivity contribution < 1.29 is 14.0 Å². The Morgan fingerprint density at radius 1 is 1.29 bits per heavy atom. The molecule has 2 rings (SSSR count). The van der Waals surface area contributed by atoms with Gasteiger partial charge in [-0.05, 0) is 24.6 Å². The van der Waals surface area contributed by atoms with E-state index in [4.69, 9.17) is 0 Å². The molecule has 1 heterocycles. The number of aryl methyl sites for hydroxylation is 2. The first-order chi connectivity index (χ1) is 9.92. The molecule has 0 spiro atoms.